The second kappa shape index (κ2) is 7.12. The molecule has 1 heterocycles. The lowest BCUT2D eigenvalue weighted by molar-refractivity contribution is 0.317. The molecule has 0 saturated carbocycles. The summed E-state index contributed by atoms with van der Waals surface area (Å²) in [6.45, 7) is 3.05. The molecule has 0 amide bonds. The van der Waals surface area contributed by atoms with Crippen molar-refractivity contribution in [3.05, 3.63) is 47.1 Å². The van der Waals surface area contributed by atoms with Crippen LogP contribution in [0.15, 0.2) is 36.4 Å². The first-order chi connectivity index (χ1) is 9.72. The zero-order valence-corrected chi connectivity index (χ0v) is 12.1. The number of rotatable bonds is 6. The van der Waals surface area contributed by atoms with Gasteiger partial charge in [-0.15, -0.1) is 0 Å². The average Bonchev–Trinajstić information content (AvgIpc) is 2.48. The van der Waals surface area contributed by atoms with Crippen LogP contribution in [0, 0.1) is 0 Å². The van der Waals surface area contributed by atoms with Crippen molar-refractivity contribution >= 4 is 11.6 Å². The van der Waals surface area contributed by atoms with Gasteiger partial charge in [0.15, 0.2) is 0 Å². The van der Waals surface area contributed by atoms with Gasteiger partial charge in [-0.3, -0.25) is 0 Å². The smallest absolute Gasteiger partial charge is 0.219 e. The fourth-order valence-corrected chi connectivity index (χ4v) is 1.79. The van der Waals surface area contributed by atoms with Gasteiger partial charge in [-0.2, -0.15) is 0 Å². The zero-order chi connectivity index (χ0) is 14.4. The molecule has 1 aromatic carbocycles. The van der Waals surface area contributed by atoms with Crippen molar-refractivity contribution in [2.75, 3.05) is 6.61 Å². The number of halogens is 1. The molecule has 0 saturated heterocycles. The maximum absolute atomic E-state index is 5.95. The van der Waals surface area contributed by atoms with E-state index in [9.17, 15) is 0 Å². The lowest BCUT2D eigenvalue weighted by atomic mass is 10.3. The highest BCUT2D eigenvalue weighted by Gasteiger charge is 2.04. The van der Waals surface area contributed by atoms with Crippen LogP contribution in [0.1, 0.15) is 19.0 Å². The summed E-state index contributed by atoms with van der Waals surface area (Å²) in [6.07, 6.45) is 0.981. The Balaban J connectivity index is 2.06. The van der Waals surface area contributed by atoms with Gasteiger partial charge >= 0.3 is 0 Å². The summed E-state index contributed by atoms with van der Waals surface area (Å²) >= 11 is 5.95. The zero-order valence-electron chi connectivity index (χ0n) is 11.3. The first-order valence-corrected chi connectivity index (χ1v) is 6.87. The molecule has 0 radical (unpaired) electrons. The maximum Gasteiger partial charge on any atom is 0.219 e. The number of pyridine rings is 1. The van der Waals surface area contributed by atoms with Gasteiger partial charge in [-0.05, 0) is 36.8 Å². The Labute approximate surface area is 123 Å². The standard InChI is InChI=1S/C15H17ClN2O2/c1-2-9-19-11-3-5-12(6-4-11)20-15-8-7-13(16)14(10-17)18-15/h3-8H,2,9-10,17H2,1H3. The Hall–Kier alpha value is -1.78. The van der Waals surface area contributed by atoms with Gasteiger partial charge in [0.25, 0.3) is 0 Å². The minimum Gasteiger partial charge on any atom is -0.494 e. The van der Waals surface area contributed by atoms with Crippen LogP contribution in [0.4, 0.5) is 0 Å². The molecule has 1 aromatic heterocycles. The number of hydrogen-bond donors (Lipinski definition) is 1. The fourth-order valence-electron chi connectivity index (χ4n) is 1.61. The van der Waals surface area contributed by atoms with Crippen LogP contribution in [0.5, 0.6) is 17.4 Å². The topological polar surface area (TPSA) is 57.4 Å². The fraction of sp³-hybridized carbons (Fsp3) is 0.267. The summed E-state index contributed by atoms with van der Waals surface area (Å²) < 4.78 is 11.2. The lowest BCUT2D eigenvalue weighted by Gasteiger charge is -2.08. The molecule has 2 aromatic rings. The van der Waals surface area contributed by atoms with Crippen LogP contribution in [-0.4, -0.2) is 11.6 Å². The first kappa shape index (κ1) is 14.6. The van der Waals surface area contributed by atoms with Gasteiger partial charge in [0, 0.05) is 12.6 Å². The molecule has 4 nitrogen and oxygen atoms in total. The van der Waals surface area contributed by atoms with Crippen molar-refractivity contribution in [2.45, 2.75) is 19.9 Å². The lowest BCUT2D eigenvalue weighted by Crippen LogP contribution is -2.01. The molecule has 5 heteroatoms. The summed E-state index contributed by atoms with van der Waals surface area (Å²) in [5.41, 5.74) is 6.18. The van der Waals surface area contributed by atoms with Crippen LogP contribution < -0.4 is 15.2 Å². The molecule has 0 atom stereocenters. The Kier molecular flexibility index (Phi) is 5.21. The third-order valence-electron chi connectivity index (χ3n) is 2.61. The van der Waals surface area contributed by atoms with Crippen LogP contribution in [0.2, 0.25) is 5.02 Å². The highest BCUT2D eigenvalue weighted by Crippen LogP contribution is 2.24. The molecule has 0 bridgehead atoms. The first-order valence-electron chi connectivity index (χ1n) is 6.49. The molecule has 0 aliphatic rings. The predicted molar refractivity (Wildman–Crippen MR) is 79.4 cm³/mol. The summed E-state index contributed by atoms with van der Waals surface area (Å²) in [6, 6.07) is 10.8. The van der Waals surface area contributed by atoms with E-state index in [1.54, 1.807) is 12.1 Å². The van der Waals surface area contributed by atoms with Gasteiger partial charge in [0.05, 0.1) is 17.3 Å². The molecule has 2 N–H and O–H groups in total. The number of benzene rings is 1. The van der Waals surface area contributed by atoms with Gasteiger partial charge in [-0.1, -0.05) is 18.5 Å². The molecule has 20 heavy (non-hydrogen) atoms. The van der Waals surface area contributed by atoms with Gasteiger partial charge < -0.3 is 15.2 Å². The van der Waals surface area contributed by atoms with E-state index in [2.05, 4.69) is 11.9 Å². The van der Waals surface area contributed by atoms with Crippen molar-refractivity contribution in [3.63, 3.8) is 0 Å². The van der Waals surface area contributed by atoms with Crippen LogP contribution in [0.25, 0.3) is 0 Å². The van der Waals surface area contributed by atoms with E-state index >= 15 is 0 Å². The molecule has 0 aliphatic heterocycles. The van der Waals surface area contributed by atoms with E-state index in [1.807, 2.05) is 24.3 Å². The Morgan fingerprint density at radius 2 is 1.80 bits per heavy atom. The van der Waals surface area contributed by atoms with Crippen molar-refractivity contribution in [1.82, 2.24) is 4.98 Å². The quantitative estimate of drug-likeness (QED) is 0.880. The molecule has 0 spiro atoms. The number of hydrogen-bond acceptors (Lipinski definition) is 4. The maximum atomic E-state index is 5.95. The van der Waals surface area contributed by atoms with Crippen LogP contribution in [-0.2, 0) is 6.54 Å². The second-order valence-electron chi connectivity index (χ2n) is 4.20. The largest absolute Gasteiger partial charge is 0.494 e. The third-order valence-corrected chi connectivity index (χ3v) is 2.95. The molecule has 0 aliphatic carbocycles. The minimum atomic E-state index is 0.278. The van der Waals surface area contributed by atoms with E-state index in [4.69, 9.17) is 26.8 Å². The number of nitrogens with two attached hydrogens (primary N) is 1. The third kappa shape index (κ3) is 3.85. The van der Waals surface area contributed by atoms with Gasteiger partial charge in [-0.25, -0.2) is 4.98 Å². The SMILES string of the molecule is CCCOc1ccc(Oc2ccc(Cl)c(CN)n2)cc1. The highest BCUT2D eigenvalue weighted by molar-refractivity contribution is 6.31. The van der Waals surface area contributed by atoms with Crippen LogP contribution >= 0.6 is 11.6 Å². The minimum absolute atomic E-state index is 0.278. The summed E-state index contributed by atoms with van der Waals surface area (Å²) in [5.74, 6) is 1.98. The van der Waals surface area contributed by atoms with E-state index in [0.717, 1.165) is 12.2 Å². The van der Waals surface area contributed by atoms with Crippen molar-refractivity contribution in [1.29, 1.82) is 0 Å². The van der Waals surface area contributed by atoms with Crippen LogP contribution in [0.3, 0.4) is 0 Å². The molecule has 0 unspecified atom stereocenters. The van der Waals surface area contributed by atoms with Gasteiger partial charge in [0.1, 0.15) is 11.5 Å². The van der Waals surface area contributed by atoms with E-state index in [1.165, 1.54) is 0 Å². The number of nitrogens with zero attached hydrogens (tertiary/aromatic N) is 1. The predicted octanol–water partition coefficient (Wildman–Crippen LogP) is 3.77. The summed E-state index contributed by atoms with van der Waals surface area (Å²) in [4.78, 5) is 4.25. The number of ether oxygens (including phenoxy) is 2. The van der Waals surface area contributed by atoms with Crippen molar-refractivity contribution < 1.29 is 9.47 Å². The molecular weight excluding hydrogens is 276 g/mol. The normalized spacial score (nSPS) is 10.3. The van der Waals surface area contributed by atoms with Crippen molar-refractivity contribution in [2.24, 2.45) is 5.73 Å². The van der Waals surface area contributed by atoms with Gasteiger partial charge in [0.2, 0.25) is 5.88 Å². The van der Waals surface area contributed by atoms with E-state index in [-0.39, 0.29) is 6.54 Å². The Bertz CT molecular complexity index is 558. The van der Waals surface area contributed by atoms with E-state index in [0.29, 0.717) is 29.0 Å². The highest BCUT2D eigenvalue weighted by atomic mass is 35.5. The summed E-state index contributed by atoms with van der Waals surface area (Å²) in [5, 5.41) is 0.545. The monoisotopic (exact) mass is 292 g/mol. The second-order valence-corrected chi connectivity index (χ2v) is 4.61. The average molecular weight is 293 g/mol. The molecule has 0 fully saturated rings. The summed E-state index contributed by atoms with van der Waals surface area (Å²) in [7, 11) is 0. The molecule has 2 rings (SSSR count). The molecule has 106 valence electrons. The Morgan fingerprint density at radius 3 is 2.45 bits per heavy atom. The Morgan fingerprint density at radius 1 is 1.10 bits per heavy atom. The van der Waals surface area contributed by atoms with Crippen molar-refractivity contribution in [3.8, 4) is 17.4 Å². The molecular formula is C15H17ClN2O2. The van der Waals surface area contributed by atoms with E-state index < -0.39 is 0 Å². The number of aromatic nitrogens is 1.